The fraction of sp³-hybridized carbons (Fsp3) is 0.211. The first-order chi connectivity index (χ1) is 13.4. The lowest BCUT2D eigenvalue weighted by Crippen LogP contribution is -3.08. The zero-order chi connectivity index (χ0) is 20.0. The lowest BCUT2D eigenvalue weighted by molar-refractivity contribution is -0.886. The van der Waals surface area contributed by atoms with Gasteiger partial charge in [0, 0.05) is 5.69 Å². The highest BCUT2D eigenvalue weighted by Gasteiger charge is 2.16. The Morgan fingerprint density at radius 3 is 2.43 bits per heavy atom. The summed E-state index contributed by atoms with van der Waals surface area (Å²) in [6, 6.07) is 13.1. The first-order valence-electron chi connectivity index (χ1n) is 8.68. The summed E-state index contributed by atoms with van der Waals surface area (Å²) in [6.07, 6.45) is 3.07. The van der Waals surface area contributed by atoms with E-state index in [1.165, 1.54) is 18.4 Å². The minimum atomic E-state index is -3.73. The highest BCUT2D eigenvalue weighted by atomic mass is 32.2. The van der Waals surface area contributed by atoms with Crippen molar-refractivity contribution in [1.82, 2.24) is 4.72 Å². The van der Waals surface area contributed by atoms with Gasteiger partial charge in [-0.3, -0.25) is 4.79 Å². The topological polar surface area (TPSA) is 106 Å². The summed E-state index contributed by atoms with van der Waals surface area (Å²) in [5, 5.41) is 2.73. The summed E-state index contributed by atoms with van der Waals surface area (Å²) >= 11 is 0. The van der Waals surface area contributed by atoms with Crippen molar-refractivity contribution >= 4 is 21.6 Å². The van der Waals surface area contributed by atoms with Crippen LogP contribution in [0.15, 0.2) is 74.8 Å². The number of likely N-dealkylation sites (N-methyl/N-ethyl adjacent to an activating group) is 1. The zero-order valence-electron chi connectivity index (χ0n) is 15.3. The minimum absolute atomic E-state index is 0.0485. The molecule has 2 aromatic heterocycles. The third-order valence-electron chi connectivity index (χ3n) is 3.96. The van der Waals surface area contributed by atoms with Gasteiger partial charge in [-0.1, -0.05) is 6.07 Å². The van der Waals surface area contributed by atoms with Gasteiger partial charge >= 0.3 is 0 Å². The molecule has 2 heterocycles. The van der Waals surface area contributed by atoms with E-state index in [1.807, 2.05) is 13.1 Å². The molecule has 0 radical (unpaired) electrons. The number of sulfonamides is 1. The Morgan fingerprint density at radius 1 is 1.04 bits per heavy atom. The molecular formula is C19H22N3O5S+. The van der Waals surface area contributed by atoms with Crippen LogP contribution < -0.4 is 14.9 Å². The fourth-order valence-corrected chi connectivity index (χ4v) is 3.69. The zero-order valence-corrected chi connectivity index (χ0v) is 16.2. The lowest BCUT2D eigenvalue weighted by Gasteiger charge is -2.13. The second kappa shape index (κ2) is 8.87. The number of carbonyl (C=O) groups excluding carboxylic acids is 1. The molecular weight excluding hydrogens is 382 g/mol. The van der Waals surface area contributed by atoms with Gasteiger partial charge in [0.2, 0.25) is 10.0 Å². The summed E-state index contributed by atoms with van der Waals surface area (Å²) in [6.45, 7) is 0.840. The van der Waals surface area contributed by atoms with E-state index in [0.29, 0.717) is 18.0 Å². The van der Waals surface area contributed by atoms with Crippen LogP contribution in [-0.4, -0.2) is 27.9 Å². The molecule has 1 amide bonds. The molecule has 3 aromatic rings. The smallest absolute Gasteiger partial charge is 0.279 e. The summed E-state index contributed by atoms with van der Waals surface area (Å²) in [7, 11) is -1.85. The highest BCUT2D eigenvalue weighted by molar-refractivity contribution is 7.89. The van der Waals surface area contributed by atoms with E-state index in [0.717, 1.165) is 10.7 Å². The number of nitrogens with one attached hydrogen (secondary N) is 3. The normalized spacial score (nSPS) is 12.6. The third-order valence-corrected chi connectivity index (χ3v) is 5.36. The van der Waals surface area contributed by atoms with Crippen LogP contribution in [-0.2, 0) is 27.9 Å². The number of amides is 1. The highest BCUT2D eigenvalue weighted by Crippen LogP contribution is 2.16. The van der Waals surface area contributed by atoms with Crippen molar-refractivity contribution in [2.45, 2.75) is 18.0 Å². The molecule has 3 N–H and O–H groups in total. The van der Waals surface area contributed by atoms with Gasteiger partial charge in [0.25, 0.3) is 5.91 Å². The number of carbonyl (C=O) groups is 1. The second-order valence-corrected chi connectivity index (χ2v) is 8.14. The number of benzene rings is 1. The molecule has 1 aromatic carbocycles. The standard InChI is InChI=1S/C19H21N3O5S/c1-22(13-17-7-4-10-27-17)14-19(23)21-15-5-2-8-18(11-15)28(24,25)20-12-16-6-3-9-26-16/h2-11,20H,12-14H2,1H3,(H,21,23)/p+1. The van der Waals surface area contributed by atoms with Crippen LogP contribution in [0.5, 0.6) is 0 Å². The fourth-order valence-electron chi connectivity index (χ4n) is 2.66. The van der Waals surface area contributed by atoms with Gasteiger partial charge in [0.15, 0.2) is 12.3 Å². The van der Waals surface area contributed by atoms with Crippen molar-refractivity contribution in [2.75, 3.05) is 18.9 Å². The van der Waals surface area contributed by atoms with Gasteiger partial charge in [0.1, 0.15) is 12.3 Å². The number of hydrogen-bond donors (Lipinski definition) is 3. The van der Waals surface area contributed by atoms with E-state index in [1.54, 1.807) is 36.6 Å². The predicted octanol–water partition coefficient (Wildman–Crippen LogP) is 1.00. The van der Waals surface area contributed by atoms with E-state index in [2.05, 4.69) is 10.0 Å². The molecule has 9 heteroatoms. The van der Waals surface area contributed by atoms with E-state index < -0.39 is 10.0 Å². The Bertz CT molecular complexity index is 998. The molecule has 28 heavy (non-hydrogen) atoms. The molecule has 3 rings (SSSR count). The van der Waals surface area contributed by atoms with Crippen LogP contribution >= 0.6 is 0 Å². The number of rotatable bonds is 9. The Balaban J connectivity index is 1.58. The first-order valence-corrected chi connectivity index (χ1v) is 10.2. The Kier molecular flexibility index (Phi) is 6.30. The quantitative estimate of drug-likeness (QED) is 0.494. The number of quaternary nitrogens is 1. The Morgan fingerprint density at radius 2 is 1.75 bits per heavy atom. The maximum atomic E-state index is 12.4. The SMILES string of the molecule is C[NH+](CC(=O)Nc1cccc(S(=O)(=O)NCc2ccco2)c1)Cc1ccco1. The molecule has 8 nitrogen and oxygen atoms in total. The Hall–Kier alpha value is -2.88. The molecule has 148 valence electrons. The van der Waals surface area contributed by atoms with E-state index in [4.69, 9.17) is 8.83 Å². The van der Waals surface area contributed by atoms with E-state index >= 15 is 0 Å². The van der Waals surface area contributed by atoms with Crippen molar-refractivity contribution in [3.63, 3.8) is 0 Å². The number of anilines is 1. The summed E-state index contributed by atoms with van der Waals surface area (Å²) in [5.41, 5.74) is 0.414. The summed E-state index contributed by atoms with van der Waals surface area (Å²) in [5.74, 6) is 1.08. The largest absolute Gasteiger partial charge is 0.468 e. The van der Waals surface area contributed by atoms with Gasteiger partial charge in [0.05, 0.1) is 31.0 Å². The monoisotopic (exact) mass is 404 g/mol. The van der Waals surface area contributed by atoms with Gasteiger partial charge in [-0.25, -0.2) is 13.1 Å². The van der Waals surface area contributed by atoms with Crippen LogP contribution in [0.25, 0.3) is 0 Å². The molecule has 0 aliphatic heterocycles. The van der Waals surface area contributed by atoms with Crippen LogP contribution in [0.1, 0.15) is 11.5 Å². The number of furan rings is 2. The lowest BCUT2D eigenvalue weighted by atomic mass is 10.3. The van der Waals surface area contributed by atoms with E-state index in [9.17, 15) is 13.2 Å². The van der Waals surface area contributed by atoms with E-state index in [-0.39, 0.29) is 23.9 Å². The van der Waals surface area contributed by atoms with Crippen LogP contribution in [0.3, 0.4) is 0 Å². The van der Waals surface area contributed by atoms with Crippen molar-refractivity contribution in [3.05, 3.63) is 72.6 Å². The molecule has 0 saturated carbocycles. The predicted molar refractivity (Wildman–Crippen MR) is 102 cm³/mol. The van der Waals surface area contributed by atoms with Crippen molar-refractivity contribution in [3.8, 4) is 0 Å². The van der Waals surface area contributed by atoms with Gasteiger partial charge in [-0.05, 0) is 42.5 Å². The van der Waals surface area contributed by atoms with Gasteiger partial charge in [-0.15, -0.1) is 0 Å². The third kappa shape index (κ3) is 5.56. The molecule has 1 atom stereocenters. The summed E-state index contributed by atoms with van der Waals surface area (Å²) in [4.78, 5) is 13.3. The molecule has 0 spiro atoms. The van der Waals surface area contributed by atoms with Crippen LogP contribution in [0, 0.1) is 0 Å². The van der Waals surface area contributed by atoms with Gasteiger partial charge < -0.3 is 19.1 Å². The van der Waals surface area contributed by atoms with Crippen LogP contribution in [0.4, 0.5) is 5.69 Å². The van der Waals surface area contributed by atoms with Gasteiger partial charge in [-0.2, -0.15) is 0 Å². The molecule has 0 bridgehead atoms. The van der Waals surface area contributed by atoms with Crippen molar-refractivity contribution < 1.29 is 26.9 Å². The maximum absolute atomic E-state index is 12.4. The maximum Gasteiger partial charge on any atom is 0.279 e. The van der Waals surface area contributed by atoms with Crippen LogP contribution in [0.2, 0.25) is 0 Å². The molecule has 0 aliphatic rings. The number of hydrogen-bond acceptors (Lipinski definition) is 5. The minimum Gasteiger partial charge on any atom is -0.468 e. The molecule has 1 unspecified atom stereocenters. The first kappa shape index (κ1) is 19.9. The van der Waals surface area contributed by atoms with Crippen molar-refractivity contribution in [1.29, 1.82) is 0 Å². The average molecular weight is 404 g/mol. The van der Waals surface area contributed by atoms with Crippen molar-refractivity contribution in [2.24, 2.45) is 0 Å². The Labute approximate surface area is 163 Å². The molecule has 0 saturated heterocycles. The second-order valence-electron chi connectivity index (χ2n) is 6.37. The molecule has 0 fully saturated rings. The summed E-state index contributed by atoms with van der Waals surface area (Å²) < 4.78 is 37.7. The molecule has 0 aliphatic carbocycles. The average Bonchev–Trinajstić information content (AvgIpc) is 3.34.